The summed E-state index contributed by atoms with van der Waals surface area (Å²) in [6.07, 6.45) is 0. The molecule has 32 heavy (non-hydrogen) atoms. The summed E-state index contributed by atoms with van der Waals surface area (Å²) in [4.78, 5) is 23.4. The van der Waals surface area contributed by atoms with Crippen LogP contribution in [0.15, 0.2) is 12.2 Å². The molecule has 14 heteroatoms. The molecule has 2 N–H and O–H groups in total. The van der Waals surface area contributed by atoms with Crippen molar-refractivity contribution < 1.29 is 44.8 Å². The number of hydrogen-bond acceptors (Lipinski definition) is 10. The lowest BCUT2D eigenvalue weighted by molar-refractivity contribution is -0.146. The first-order chi connectivity index (χ1) is 14.4. The Bertz CT molecular complexity index is 859. The number of amides is 1. The van der Waals surface area contributed by atoms with Gasteiger partial charge < -0.3 is 19.5 Å². The molecule has 188 valence electrons. The van der Waals surface area contributed by atoms with Crippen LogP contribution in [0.4, 0.5) is 0 Å². The van der Waals surface area contributed by atoms with Crippen LogP contribution < -0.4 is 9.44 Å². The highest BCUT2D eigenvalue weighted by Crippen LogP contribution is 2.14. The van der Waals surface area contributed by atoms with E-state index < -0.39 is 49.2 Å². The lowest BCUT2D eigenvalue weighted by Gasteiger charge is -2.24. The van der Waals surface area contributed by atoms with Gasteiger partial charge in [0.05, 0.1) is 37.7 Å². The zero-order valence-electron chi connectivity index (χ0n) is 19.3. The molecule has 0 rings (SSSR count). The predicted molar refractivity (Wildman–Crippen MR) is 116 cm³/mol. The zero-order valence-corrected chi connectivity index (χ0v) is 21.0. The highest BCUT2D eigenvalue weighted by Gasteiger charge is 2.33. The first kappa shape index (κ1) is 30.4. The van der Waals surface area contributed by atoms with Gasteiger partial charge in [0, 0.05) is 5.57 Å². The first-order valence-electron chi connectivity index (χ1n) is 9.66. The van der Waals surface area contributed by atoms with E-state index in [9.17, 15) is 26.4 Å². The monoisotopic (exact) mass is 502 g/mol. The third-order valence-corrected chi connectivity index (χ3v) is 7.47. The van der Waals surface area contributed by atoms with Gasteiger partial charge in [-0.05, 0) is 41.5 Å². The molecule has 0 aromatic heterocycles. The van der Waals surface area contributed by atoms with Crippen molar-refractivity contribution in [3.63, 3.8) is 0 Å². The van der Waals surface area contributed by atoms with Crippen LogP contribution in [-0.2, 0) is 48.3 Å². The Balaban J connectivity index is 4.13. The summed E-state index contributed by atoms with van der Waals surface area (Å²) in [7, 11) is -8.65. The van der Waals surface area contributed by atoms with Gasteiger partial charge in [-0.1, -0.05) is 10.7 Å². The molecule has 0 bridgehead atoms. The topological polar surface area (TPSA) is 163 Å². The Morgan fingerprint density at radius 3 is 2.00 bits per heavy atom. The fourth-order valence-electron chi connectivity index (χ4n) is 1.65. The van der Waals surface area contributed by atoms with Crippen LogP contribution >= 0.6 is 0 Å². The van der Waals surface area contributed by atoms with Crippen molar-refractivity contribution in [3.8, 4) is 0 Å². The van der Waals surface area contributed by atoms with Crippen molar-refractivity contribution in [2.75, 3.05) is 39.6 Å². The molecule has 1 amide bonds. The minimum Gasteiger partial charge on any atom is -0.460 e. The third kappa shape index (κ3) is 11.9. The van der Waals surface area contributed by atoms with Crippen molar-refractivity contribution in [2.45, 2.75) is 51.9 Å². The Kier molecular flexibility index (Phi) is 12.0. The van der Waals surface area contributed by atoms with Gasteiger partial charge >= 0.3 is 16.3 Å². The standard InChI is InChI=1S/C18H34N2O10S2/c1-14(2)15(21)28-9-8-19-16(22)18(6,7)29-12-10-27-11-13-30-32(25,26)20-31(23,24)17(3,4)5/h20H,1,8-13H2,2-7H3,(H,19,22). The van der Waals surface area contributed by atoms with E-state index in [1.165, 1.54) is 31.8 Å². The number of carbonyl (C=O) groups is 2. The molecule has 0 spiro atoms. The molecule has 0 saturated carbocycles. The van der Waals surface area contributed by atoms with E-state index in [1.807, 2.05) is 0 Å². The van der Waals surface area contributed by atoms with Crippen molar-refractivity contribution in [2.24, 2.45) is 0 Å². The average molecular weight is 503 g/mol. The number of sulfonamides is 1. The number of rotatable bonds is 15. The summed E-state index contributed by atoms with van der Waals surface area (Å²) in [5.74, 6) is -0.972. The minimum absolute atomic E-state index is 0.00849. The van der Waals surface area contributed by atoms with E-state index in [-0.39, 0.29) is 38.5 Å². The second-order valence-corrected chi connectivity index (χ2v) is 12.2. The largest absolute Gasteiger partial charge is 0.460 e. The molecule has 0 aliphatic rings. The molecule has 0 aromatic rings. The van der Waals surface area contributed by atoms with E-state index >= 15 is 0 Å². The summed E-state index contributed by atoms with van der Waals surface area (Å²) < 4.78 is 67.3. The van der Waals surface area contributed by atoms with Crippen LogP contribution in [0.25, 0.3) is 0 Å². The summed E-state index contributed by atoms with van der Waals surface area (Å²) >= 11 is 0. The quantitative estimate of drug-likeness (QED) is 0.177. The van der Waals surface area contributed by atoms with Gasteiger partial charge in [0.1, 0.15) is 12.2 Å². The molecule has 0 atom stereocenters. The van der Waals surface area contributed by atoms with Crippen molar-refractivity contribution in [3.05, 3.63) is 12.2 Å². The van der Waals surface area contributed by atoms with Gasteiger partial charge in [-0.3, -0.25) is 8.98 Å². The predicted octanol–water partition coefficient (Wildman–Crippen LogP) is 0.0130. The second kappa shape index (κ2) is 12.6. The number of carbonyl (C=O) groups excluding carboxylic acids is 2. The Morgan fingerprint density at radius 2 is 1.47 bits per heavy atom. The van der Waals surface area contributed by atoms with Crippen LogP contribution in [0.5, 0.6) is 0 Å². The summed E-state index contributed by atoms with van der Waals surface area (Å²) in [6.45, 7) is 11.6. The van der Waals surface area contributed by atoms with Crippen LogP contribution in [0.3, 0.4) is 0 Å². The number of hydrogen-bond donors (Lipinski definition) is 2. The molecule has 0 fully saturated rings. The Labute approximate surface area is 190 Å². The summed E-state index contributed by atoms with van der Waals surface area (Å²) in [5, 5.41) is 2.57. The fraction of sp³-hybridized carbons (Fsp3) is 0.778. The fourth-order valence-corrected chi connectivity index (χ4v) is 4.21. The number of ether oxygens (including phenoxy) is 3. The maximum atomic E-state index is 12.1. The Morgan fingerprint density at radius 1 is 0.906 bits per heavy atom. The van der Waals surface area contributed by atoms with Crippen LogP contribution in [0.2, 0.25) is 0 Å². The van der Waals surface area contributed by atoms with Crippen LogP contribution in [-0.4, -0.2) is 78.6 Å². The number of esters is 1. The van der Waals surface area contributed by atoms with E-state index in [2.05, 4.69) is 16.1 Å². The van der Waals surface area contributed by atoms with Gasteiger partial charge in [-0.15, -0.1) is 0 Å². The first-order valence-corrected chi connectivity index (χ1v) is 12.6. The maximum Gasteiger partial charge on any atom is 0.349 e. The highest BCUT2D eigenvalue weighted by molar-refractivity contribution is 8.03. The van der Waals surface area contributed by atoms with Gasteiger partial charge in [0.25, 0.3) is 5.91 Å². The minimum atomic E-state index is -4.51. The Hall–Kier alpha value is -1.58. The molecule has 0 aliphatic heterocycles. The van der Waals surface area contributed by atoms with Gasteiger partial charge in [-0.25, -0.2) is 13.2 Å². The van der Waals surface area contributed by atoms with E-state index in [0.717, 1.165) is 0 Å². The molecule has 0 radical (unpaired) electrons. The van der Waals surface area contributed by atoms with Crippen LogP contribution in [0, 0.1) is 0 Å². The smallest absolute Gasteiger partial charge is 0.349 e. The highest BCUT2D eigenvalue weighted by atomic mass is 32.3. The normalized spacial score (nSPS) is 12.9. The lowest BCUT2D eigenvalue weighted by Crippen LogP contribution is -2.46. The summed E-state index contributed by atoms with van der Waals surface area (Å²) in [6, 6.07) is 0. The average Bonchev–Trinajstić information content (AvgIpc) is 2.61. The summed E-state index contributed by atoms with van der Waals surface area (Å²) in [5.41, 5.74) is -0.929. The van der Waals surface area contributed by atoms with Crippen molar-refractivity contribution in [1.29, 1.82) is 0 Å². The van der Waals surface area contributed by atoms with E-state index in [1.54, 1.807) is 13.8 Å². The van der Waals surface area contributed by atoms with Crippen LogP contribution in [0.1, 0.15) is 41.5 Å². The zero-order chi connectivity index (χ0) is 25.2. The number of nitrogens with one attached hydrogen (secondary N) is 2. The molecular formula is C18H34N2O10S2. The van der Waals surface area contributed by atoms with Gasteiger partial charge in [0.15, 0.2) is 0 Å². The second-order valence-electron chi connectivity index (χ2n) is 8.12. The SMILES string of the molecule is C=C(C)C(=O)OCCNC(=O)C(C)(C)OCCOCCOS(=O)(=O)NS(=O)(=O)C(C)(C)C. The lowest BCUT2D eigenvalue weighted by atomic mass is 10.1. The molecule has 0 aromatic carbocycles. The van der Waals surface area contributed by atoms with E-state index in [0.29, 0.717) is 0 Å². The molecular weight excluding hydrogens is 468 g/mol. The van der Waals surface area contributed by atoms with Crippen molar-refractivity contribution >= 4 is 32.2 Å². The van der Waals surface area contributed by atoms with E-state index in [4.69, 9.17) is 14.2 Å². The molecule has 0 saturated heterocycles. The molecule has 0 unspecified atom stereocenters. The maximum absolute atomic E-state index is 12.1. The molecule has 0 heterocycles. The van der Waals surface area contributed by atoms with Crippen molar-refractivity contribution in [1.82, 2.24) is 9.44 Å². The van der Waals surface area contributed by atoms with Gasteiger partial charge in [-0.2, -0.15) is 8.42 Å². The van der Waals surface area contributed by atoms with Gasteiger partial charge in [0.2, 0.25) is 10.0 Å². The third-order valence-electron chi connectivity index (χ3n) is 3.69. The molecule has 0 aliphatic carbocycles. The molecule has 12 nitrogen and oxygen atoms in total.